The molecule has 0 aliphatic carbocycles. The molecule has 0 aromatic heterocycles. The van der Waals surface area contributed by atoms with Crippen molar-refractivity contribution in [1.29, 1.82) is 0 Å². The van der Waals surface area contributed by atoms with Crippen molar-refractivity contribution in [1.82, 2.24) is 0 Å². The minimum Gasteiger partial charge on any atom is -0.554 e. The molecule has 5 rings (SSSR count). The van der Waals surface area contributed by atoms with Crippen LogP contribution in [0.2, 0.25) is 0 Å². The van der Waals surface area contributed by atoms with E-state index in [-0.39, 0.29) is 10.8 Å². The SMILES string of the molecule is CC(C)(C)c1ccc(OCCOCC[N+](C)(C)Cc2ccc(OCCCCP(OC=O)(c3ccccc3)(c3ccccc3)c3ccccc3)cc2)c(C(C)(C)C)c1.O=C[O-]. The quantitative estimate of drug-likeness (QED) is 0.0339. The van der Waals surface area contributed by atoms with Gasteiger partial charge in [-0.05, 0) is 28.0 Å². The minimum atomic E-state index is -3.64. The Morgan fingerprint density at radius 3 is 1.63 bits per heavy atom. The van der Waals surface area contributed by atoms with Gasteiger partial charge in [-0.2, -0.15) is 0 Å². The molecule has 0 radical (unpaired) electrons. The van der Waals surface area contributed by atoms with Gasteiger partial charge in [-0.1, -0.05) is 53.7 Å². The largest absolute Gasteiger partial charge is 0.554 e. The fraction of sp³-hybridized carbons (Fsp3) is 0.373. The molecular weight excluding hydrogens is 770 g/mol. The summed E-state index contributed by atoms with van der Waals surface area (Å²) in [6.07, 6.45) is 2.30. The Balaban J connectivity index is 0.00000257. The second-order valence-electron chi connectivity index (χ2n) is 17.9. The average molecular weight is 836 g/mol. The van der Waals surface area contributed by atoms with Crippen molar-refractivity contribution in [3.63, 3.8) is 0 Å². The van der Waals surface area contributed by atoms with Gasteiger partial charge in [0.05, 0.1) is 13.2 Å². The third-order valence-corrected chi connectivity index (χ3v) is 16.8. The van der Waals surface area contributed by atoms with Gasteiger partial charge in [-0.15, -0.1) is 0 Å². The van der Waals surface area contributed by atoms with Gasteiger partial charge in [0, 0.05) is 6.47 Å². The second-order valence-corrected chi connectivity index (χ2v) is 22.6. The van der Waals surface area contributed by atoms with Crippen molar-refractivity contribution in [3.8, 4) is 11.5 Å². The maximum absolute atomic E-state index is 12.5. The summed E-state index contributed by atoms with van der Waals surface area (Å²) in [5.41, 5.74) is 3.89. The van der Waals surface area contributed by atoms with Crippen LogP contribution in [0, 0.1) is 0 Å². The van der Waals surface area contributed by atoms with Gasteiger partial charge < -0.3 is 19.4 Å². The Bertz CT molecular complexity index is 1940. The number of rotatable bonds is 20. The normalized spacial score (nSPS) is 12.6. The molecule has 0 aliphatic rings. The molecule has 60 heavy (non-hydrogen) atoms. The number of carboxylic acid groups (broad SMARTS) is 1. The van der Waals surface area contributed by atoms with E-state index in [9.17, 15) is 4.79 Å². The third-order valence-electron chi connectivity index (χ3n) is 10.9. The Hall–Kier alpha value is -5.01. The molecule has 0 aliphatic heterocycles. The molecule has 0 atom stereocenters. The van der Waals surface area contributed by atoms with Crippen LogP contribution < -0.4 is 30.5 Å². The fourth-order valence-corrected chi connectivity index (χ4v) is 13.3. The van der Waals surface area contributed by atoms with E-state index in [0.29, 0.717) is 39.1 Å². The molecule has 5 aromatic carbocycles. The summed E-state index contributed by atoms with van der Waals surface area (Å²) in [4.78, 5) is 20.8. The number of hydrogen-bond donors (Lipinski definition) is 0. The van der Waals surface area contributed by atoms with E-state index in [0.717, 1.165) is 57.8 Å². The molecule has 9 heteroatoms. The summed E-state index contributed by atoms with van der Waals surface area (Å²) in [5, 5.41) is 11.4. The third kappa shape index (κ3) is 12.3. The fourth-order valence-electron chi connectivity index (χ4n) is 7.70. The number of benzene rings is 5. The first-order valence-corrected chi connectivity index (χ1v) is 23.2. The van der Waals surface area contributed by atoms with Crippen LogP contribution in [-0.4, -0.2) is 70.7 Å². The van der Waals surface area contributed by atoms with E-state index in [1.807, 2.05) is 54.6 Å². The summed E-state index contributed by atoms with van der Waals surface area (Å²) in [6, 6.07) is 45.9. The maximum atomic E-state index is 12.5. The summed E-state index contributed by atoms with van der Waals surface area (Å²) in [7, 11) is 4.47. The van der Waals surface area contributed by atoms with E-state index in [4.69, 9.17) is 28.6 Å². The molecule has 0 N–H and O–H groups in total. The molecule has 0 fully saturated rings. The smallest absolute Gasteiger partial charge is 0.0275 e. The van der Waals surface area contributed by atoms with Crippen molar-refractivity contribution in [2.45, 2.75) is 71.8 Å². The van der Waals surface area contributed by atoms with Gasteiger partial charge >= 0.3 is 227 Å². The molecule has 5 aromatic rings. The van der Waals surface area contributed by atoms with Gasteiger partial charge in [0.2, 0.25) is 0 Å². The first kappa shape index (κ1) is 47.7. The number of nitrogens with zero attached hydrogens (tertiary/aromatic N) is 1. The van der Waals surface area contributed by atoms with E-state index in [2.05, 4.69) is 135 Å². The van der Waals surface area contributed by atoms with Crippen molar-refractivity contribution in [2.75, 3.05) is 53.2 Å². The standard InChI is InChI=1S/C50H65NO5P.CH2O2/c1-49(2,3)42-28-31-48(47(38-42)50(4,5)6)55-36-35-53-34-32-51(7,8)39-41-26-29-43(30-27-41)54-33-18-19-37-57(56-40-52,44-20-12-9-13-21-44,45-22-14-10-15-23-45)46-24-16-11-17-25-46;2-1-3/h9-17,20-31,38,40H,18-19,32-37,39H2,1-8H3;1H,(H,2,3)/q+1;/p-1. The molecule has 0 saturated carbocycles. The predicted molar refractivity (Wildman–Crippen MR) is 245 cm³/mol. The van der Waals surface area contributed by atoms with E-state index in [1.165, 1.54) is 16.7 Å². The molecule has 0 bridgehead atoms. The van der Waals surface area contributed by atoms with Gasteiger partial charge in [-0.25, -0.2) is 0 Å². The van der Waals surface area contributed by atoms with E-state index >= 15 is 0 Å². The zero-order chi connectivity index (χ0) is 43.7. The molecule has 0 amide bonds. The van der Waals surface area contributed by atoms with Crippen LogP contribution in [0.15, 0.2) is 133 Å². The van der Waals surface area contributed by atoms with Crippen LogP contribution >= 0.6 is 6.83 Å². The molecule has 0 spiro atoms. The van der Waals surface area contributed by atoms with Crippen molar-refractivity contribution in [2.24, 2.45) is 0 Å². The van der Waals surface area contributed by atoms with Gasteiger partial charge in [0.25, 0.3) is 0 Å². The van der Waals surface area contributed by atoms with Crippen molar-refractivity contribution >= 4 is 35.7 Å². The number of hydrogen-bond acceptors (Lipinski definition) is 7. The molecule has 8 nitrogen and oxygen atoms in total. The number of carbonyl (C=O) groups excluding carboxylic acids is 2. The Morgan fingerprint density at radius 1 is 0.617 bits per heavy atom. The molecule has 322 valence electrons. The first-order chi connectivity index (χ1) is 28.6. The van der Waals surface area contributed by atoms with Gasteiger partial charge in [0.15, 0.2) is 0 Å². The second kappa shape index (κ2) is 21.5. The predicted octanol–water partition coefficient (Wildman–Crippen LogP) is 8.10. The topological polar surface area (TPSA) is 94.1 Å². The summed E-state index contributed by atoms with van der Waals surface area (Å²) in [5.74, 6) is 1.80. The van der Waals surface area contributed by atoms with Crippen LogP contribution in [0.1, 0.15) is 71.1 Å². The summed E-state index contributed by atoms with van der Waals surface area (Å²) < 4.78 is 25.9. The number of likely N-dealkylation sites (N-methyl/N-ethyl adjacent to an activating group) is 1. The first-order valence-electron chi connectivity index (χ1n) is 20.8. The molecule has 0 heterocycles. The zero-order valence-electron chi connectivity index (χ0n) is 37.0. The average Bonchev–Trinajstić information content (AvgIpc) is 3.22. The molecule has 0 unspecified atom stereocenters. The van der Waals surface area contributed by atoms with Crippen LogP contribution in [0.4, 0.5) is 0 Å². The minimum absolute atomic E-state index is 0.00935. The maximum Gasteiger partial charge on any atom is 0.0275 e. The number of carbonyl (C=O) groups is 2. The molecular formula is C51H66NO7P. The Labute approximate surface area is 359 Å². The van der Waals surface area contributed by atoms with Crippen LogP contribution in [0.25, 0.3) is 0 Å². The monoisotopic (exact) mass is 835 g/mol. The summed E-state index contributed by atoms with van der Waals surface area (Å²) >= 11 is 0. The number of unbranched alkanes of at least 4 members (excludes halogenated alkanes) is 1. The van der Waals surface area contributed by atoms with Gasteiger partial charge in [0.1, 0.15) is 12.4 Å². The van der Waals surface area contributed by atoms with Crippen molar-refractivity contribution < 1.29 is 37.9 Å². The van der Waals surface area contributed by atoms with E-state index in [1.54, 1.807) is 0 Å². The van der Waals surface area contributed by atoms with Crippen LogP contribution in [0.3, 0.4) is 0 Å². The zero-order valence-corrected chi connectivity index (χ0v) is 37.9. The summed E-state index contributed by atoms with van der Waals surface area (Å²) in [6.45, 7) is 14.0. The van der Waals surface area contributed by atoms with Gasteiger partial charge in [-0.3, -0.25) is 0 Å². The Kier molecular flexibility index (Phi) is 17.1. The van der Waals surface area contributed by atoms with E-state index < -0.39 is 13.3 Å². The van der Waals surface area contributed by atoms with Crippen molar-refractivity contribution in [3.05, 3.63) is 150 Å². The van der Waals surface area contributed by atoms with Crippen LogP contribution in [0.5, 0.6) is 11.5 Å². The molecule has 0 saturated heterocycles. The Morgan fingerprint density at radius 2 is 1.15 bits per heavy atom. The number of ether oxygens (including phenoxy) is 3. The number of quaternary nitrogens is 1. The van der Waals surface area contributed by atoms with Crippen LogP contribution in [-0.2, 0) is 36.2 Å².